The molecule has 1 aliphatic heterocycles. The van der Waals surface area contributed by atoms with Crippen LogP contribution in [0.15, 0.2) is 11.5 Å². The van der Waals surface area contributed by atoms with Crippen molar-refractivity contribution in [3.63, 3.8) is 0 Å². The summed E-state index contributed by atoms with van der Waals surface area (Å²) in [5.41, 5.74) is 0.929. The number of oxime groups is 1. The molecule has 0 radical (unpaired) electrons. The number of anilines is 1. The van der Waals surface area contributed by atoms with Crippen LogP contribution in [0.25, 0.3) is 0 Å². The van der Waals surface area contributed by atoms with Crippen LogP contribution in [-0.4, -0.2) is 43.7 Å². The number of quaternary nitrogens is 1. The van der Waals surface area contributed by atoms with Gasteiger partial charge in [-0.1, -0.05) is 0 Å². The van der Waals surface area contributed by atoms with Crippen LogP contribution in [0.2, 0.25) is 0 Å². The van der Waals surface area contributed by atoms with E-state index in [4.69, 9.17) is 23.5 Å². The highest BCUT2D eigenvalue weighted by Crippen LogP contribution is 2.15. The SMILES string of the molecule is CO/N=C1\c2[nH]cnc2N(C)C[NH+]1C.[O-][Cl+3]([O-])([O-])[O-]. The first-order valence-corrected chi connectivity index (χ1v) is 6.28. The zero-order valence-electron chi connectivity index (χ0n) is 10.5. The third-order valence-corrected chi connectivity index (χ3v) is 2.28. The molecule has 1 atom stereocenters. The number of aromatic nitrogens is 2. The van der Waals surface area contributed by atoms with Crippen LogP contribution < -0.4 is 28.4 Å². The Morgan fingerprint density at radius 1 is 1.47 bits per heavy atom. The molecule has 0 fully saturated rings. The topological polar surface area (TPSA) is 150 Å². The van der Waals surface area contributed by atoms with E-state index in [1.165, 1.54) is 4.90 Å². The molecule has 1 unspecified atom stereocenters. The van der Waals surface area contributed by atoms with Crippen LogP contribution >= 0.6 is 0 Å². The molecule has 1 aliphatic rings. The van der Waals surface area contributed by atoms with E-state index in [1.807, 2.05) is 14.1 Å². The van der Waals surface area contributed by atoms with Crippen LogP contribution in [0.4, 0.5) is 5.82 Å². The Morgan fingerprint density at radius 2 is 2.05 bits per heavy atom. The van der Waals surface area contributed by atoms with Gasteiger partial charge >= 0.3 is 0 Å². The maximum Gasteiger partial charge on any atom is 0.289 e. The summed E-state index contributed by atoms with van der Waals surface area (Å²) in [7, 11) is 0.652. The molecule has 10 nitrogen and oxygen atoms in total. The molecule has 11 heteroatoms. The second kappa shape index (κ2) is 6.14. The molecule has 0 bridgehead atoms. The van der Waals surface area contributed by atoms with Crippen LogP contribution in [0.3, 0.4) is 0 Å². The number of nitrogens with one attached hydrogen (secondary N) is 2. The second-order valence-electron chi connectivity index (χ2n) is 3.74. The van der Waals surface area contributed by atoms with Crippen LogP contribution in [0.5, 0.6) is 0 Å². The molecule has 0 saturated heterocycles. The summed E-state index contributed by atoms with van der Waals surface area (Å²) in [6, 6.07) is 0. The number of halogens is 1. The van der Waals surface area contributed by atoms with Crippen LogP contribution in [0.1, 0.15) is 5.69 Å². The Hall–Kier alpha value is -1.43. The lowest BCUT2D eigenvalue weighted by molar-refractivity contribution is -2.00. The van der Waals surface area contributed by atoms with Gasteiger partial charge in [-0.3, -0.25) is 4.90 Å². The average molecular weight is 296 g/mol. The Labute approximate surface area is 111 Å². The molecule has 0 amide bonds. The van der Waals surface area contributed by atoms with Gasteiger partial charge in [-0.25, -0.2) is 23.6 Å². The van der Waals surface area contributed by atoms with Crippen molar-refractivity contribution in [3.05, 3.63) is 12.0 Å². The van der Waals surface area contributed by atoms with Crippen molar-refractivity contribution in [2.24, 2.45) is 5.16 Å². The van der Waals surface area contributed by atoms with Gasteiger partial charge in [-0.05, 0) is 5.16 Å². The average Bonchev–Trinajstić information content (AvgIpc) is 2.70. The summed E-state index contributed by atoms with van der Waals surface area (Å²) in [5, 5.41) is 3.99. The number of imidazole rings is 1. The minimum Gasteiger partial charge on any atom is -0.394 e. The van der Waals surface area contributed by atoms with Gasteiger partial charge in [0.2, 0.25) is 0 Å². The fourth-order valence-corrected chi connectivity index (χ4v) is 1.68. The zero-order chi connectivity index (χ0) is 14.6. The summed E-state index contributed by atoms with van der Waals surface area (Å²) < 4.78 is 34.0. The number of hydrogen-bond acceptors (Lipinski definition) is 8. The first-order valence-electron chi connectivity index (χ1n) is 5.04. The fraction of sp³-hybridized carbons (Fsp3) is 0.500. The molecule has 2 N–H and O–H groups in total. The summed E-state index contributed by atoms with van der Waals surface area (Å²) in [5.74, 6) is 1.78. The number of nitrogens with zero attached hydrogens (tertiary/aromatic N) is 3. The number of rotatable bonds is 1. The molecule has 19 heavy (non-hydrogen) atoms. The molecule has 108 valence electrons. The van der Waals surface area contributed by atoms with E-state index in [0.717, 1.165) is 24.0 Å². The summed E-state index contributed by atoms with van der Waals surface area (Å²) >= 11 is 0. The predicted octanol–water partition coefficient (Wildman–Crippen LogP) is -6.12. The van der Waals surface area contributed by atoms with Gasteiger partial charge < -0.3 is 14.7 Å². The lowest BCUT2D eigenvalue weighted by Gasteiger charge is -2.27. The first kappa shape index (κ1) is 15.6. The minimum absolute atomic E-state index is 0.833. The van der Waals surface area contributed by atoms with Crippen molar-refractivity contribution < 1.29 is 38.6 Å². The van der Waals surface area contributed by atoms with Crippen molar-refractivity contribution in [2.45, 2.75) is 0 Å². The van der Waals surface area contributed by atoms with Crippen molar-refractivity contribution in [2.75, 3.05) is 32.8 Å². The maximum absolute atomic E-state index is 8.49. The number of aromatic amines is 1. The molecule has 0 aromatic carbocycles. The van der Waals surface area contributed by atoms with E-state index in [-0.39, 0.29) is 0 Å². The molecule has 1 aromatic heterocycles. The molecule has 0 spiro atoms. The molecule has 1 aromatic rings. The third kappa shape index (κ3) is 4.63. The van der Waals surface area contributed by atoms with Crippen molar-refractivity contribution in [1.29, 1.82) is 0 Å². The Kier molecular flexibility index (Phi) is 5.05. The van der Waals surface area contributed by atoms with E-state index >= 15 is 0 Å². The van der Waals surface area contributed by atoms with Gasteiger partial charge in [0.05, 0.1) is 13.4 Å². The predicted molar refractivity (Wildman–Crippen MR) is 52.3 cm³/mol. The number of H-pyrrole nitrogens is 1. The smallest absolute Gasteiger partial charge is 0.289 e. The van der Waals surface area contributed by atoms with Crippen molar-refractivity contribution in [1.82, 2.24) is 9.97 Å². The zero-order valence-corrected chi connectivity index (χ0v) is 11.3. The quantitative estimate of drug-likeness (QED) is 0.489. The lowest BCUT2D eigenvalue weighted by atomic mass is 10.3. The van der Waals surface area contributed by atoms with E-state index in [2.05, 4.69) is 20.0 Å². The normalized spacial score (nSPS) is 20.7. The molecule has 2 heterocycles. The van der Waals surface area contributed by atoms with Gasteiger partial charge in [-0.15, -0.1) is 10.2 Å². The highest BCUT2D eigenvalue weighted by atomic mass is 35.7. The highest BCUT2D eigenvalue weighted by molar-refractivity contribution is 5.95. The van der Waals surface area contributed by atoms with E-state index in [0.29, 0.717) is 0 Å². The number of amidine groups is 1. The monoisotopic (exact) mass is 295 g/mol. The van der Waals surface area contributed by atoms with E-state index in [1.54, 1.807) is 13.4 Å². The molecule has 0 saturated carbocycles. The highest BCUT2D eigenvalue weighted by Gasteiger charge is 2.30. The molecular formula is C8H14ClN5O5. The molecule has 0 aliphatic carbocycles. The first-order chi connectivity index (χ1) is 8.74. The number of hydrogen-bond donors (Lipinski definition) is 2. The minimum atomic E-state index is -4.94. The molecule has 2 rings (SSSR count). The third-order valence-electron chi connectivity index (χ3n) is 2.28. The largest absolute Gasteiger partial charge is 0.394 e. The van der Waals surface area contributed by atoms with E-state index < -0.39 is 10.2 Å². The molecular weight excluding hydrogens is 282 g/mol. The van der Waals surface area contributed by atoms with Gasteiger partial charge in [0, 0.05) is 7.05 Å². The van der Waals surface area contributed by atoms with Gasteiger partial charge in [0.1, 0.15) is 7.11 Å². The summed E-state index contributed by atoms with van der Waals surface area (Å²) in [6.07, 6.45) is 1.67. The second-order valence-corrected chi connectivity index (χ2v) is 4.49. The van der Waals surface area contributed by atoms with E-state index in [9.17, 15) is 0 Å². The van der Waals surface area contributed by atoms with Gasteiger partial charge in [0.25, 0.3) is 5.84 Å². The lowest BCUT2D eigenvalue weighted by Crippen LogP contribution is -3.14. The fourth-order valence-electron chi connectivity index (χ4n) is 1.68. The van der Waals surface area contributed by atoms with Gasteiger partial charge in [0.15, 0.2) is 18.2 Å². The van der Waals surface area contributed by atoms with Gasteiger partial charge in [-0.2, -0.15) is 0 Å². The standard InChI is InChI=1S/C8H13N5O.ClHO4/c1-12-5-13(2)8(11-14-3)6-7(12)10-4-9-6;2-1(3,4)5/h4H,5H2,1-3H3,(H,9,10);(H,2,3,4,5)/b11-8+;. The Balaban J connectivity index is 0.000000312. The summed E-state index contributed by atoms with van der Waals surface area (Å²) in [6.45, 7) is 0.833. The summed E-state index contributed by atoms with van der Waals surface area (Å²) in [4.78, 5) is 15.4. The Bertz CT molecular complexity index is 439. The number of fused-ring (bicyclic) bond motifs is 1. The van der Waals surface area contributed by atoms with Crippen molar-refractivity contribution in [3.8, 4) is 0 Å². The maximum atomic E-state index is 8.49. The van der Waals surface area contributed by atoms with Crippen molar-refractivity contribution >= 4 is 11.7 Å². The Morgan fingerprint density at radius 3 is 2.58 bits per heavy atom. The van der Waals surface area contributed by atoms with Crippen LogP contribution in [-0.2, 0) is 4.84 Å². The van der Waals surface area contributed by atoms with Crippen LogP contribution in [0, 0.1) is 10.2 Å².